The number of amides is 2. The molecule has 1 saturated carbocycles. The highest BCUT2D eigenvalue weighted by molar-refractivity contribution is 5.72. The molecule has 3 N–H and O–H groups in total. The van der Waals surface area contributed by atoms with Crippen LogP contribution in [0.5, 0.6) is 0 Å². The minimum atomic E-state index is -0.249. The third-order valence-corrected chi connectivity index (χ3v) is 5.23. The molecule has 1 aliphatic carbocycles. The molecule has 1 heterocycles. The summed E-state index contributed by atoms with van der Waals surface area (Å²) in [4.78, 5) is 13.4. The molecule has 0 spiro atoms. The van der Waals surface area contributed by atoms with Crippen molar-refractivity contribution in [1.82, 2.24) is 10.2 Å². The van der Waals surface area contributed by atoms with Crippen molar-refractivity contribution in [3.63, 3.8) is 0 Å². The molecule has 2 aliphatic rings. The molecule has 2 rings (SSSR count). The van der Waals surface area contributed by atoms with Crippen LogP contribution in [0.25, 0.3) is 0 Å². The molecule has 122 valence electrons. The van der Waals surface area contributed by atoms with Crippen molar-refractivity contribution in [3.05, 3.63) is 0 Å². The van der Waals surface area contributed by atoms with Crippen LogP contribution in [-0.4, -0.2) is 36.6 Å². The number of nitrogens with one attached hydrogen (secondary N) is 1. The number of hydrogen-bond acceptors (Lipinski definition) is 2. The van der Waals surface area contributed by atoms with Crippen molar-refractivity contribution in [2.45, 2.75) is 70.8 Å². The van der Waals surface area contributed by atoms with E-state index in [1.165, 1.54) is 57.8 Å². The standard InChI is InChI=1S/C17H33N3O/c1-2-3-7-15-10-16(13-20(12-15)17(18)21)19-11-14-8-5-4-6-9-14/h14-16,19H,2-13H2,1H3,(H2,18,21). The first-order chi connectivity index (χ1) is 10.2. The quantitative estimate of drug-likeness (QED) is 0.791. The first-order valence-electron chi connectivity index (χ1n) is 8.96. The molecule has 0 radical (unpaired) electrons. The van der Waals surface area contributed by atoms with Gasteiger partial charge in [-0.1, -0.05) is 39.0 Å². The maximum absolute atomic E-state index is 11.5. The Labute approximate surface area is 129 Å². The molecule has 0 aromatic carbocycles. The number of urea groups is 1. The maximum Gasteiger partial charge on any atom is 0.314 e. The van der Waals surface area contributed by atoms with Crippen LogP contribution in [0.2, 0.25) is 0 Å². The summed E-state index contributed by atoms with van der Waals surface area (Å²) in [6.07, 6.45) is 11.9. The lowest BCUT2D eigenvalue weighted by molar-refractivity contribution is 0.144. The highest BCUT2D eigenvalue weighted by atomic mass is 16.2. The van der Waals surface area contributed by atoms with Crippen LogP contribution in [0.1, 0.15) is 64.7 Å². The predicted octanol–water partition coefficient (Wildman–Crippen LogP) is 3.12. The molecule has 2 atom stereocenters. The molecular weight excluding hydrogens is 262 g/mol. The van der Waals surface area contributed by atoms with E-state index < -0.39 is 0 Å². The van der Waals surface area contributed by atoms with Gasteiger partial charge in [-0.25, -0.2) is 4.79 Å². The molecule has 0 aromatic heterocycles. The second-order valence-electron chi connectivity index (χ2n) is 7.10. The zero-order valence-corrected chi connectivity index (χ0v) is 13.7. The molecular formula is C17H33N3O. The zero-order chi connectivity index (χ0) is 15.1. The van der Waals surface area contributed by atoms with E-state index >= 15 is 0 Å². The summed E-state index contributed by atoms with van der Waals surface area (Å²) in [5, 5.41) is 3.73. The third-order valence-electron chi connectivity index (χ3n) is 5.23. The van der Waals surface area contributed by atoms with E-state index in [-0.39, 0.29) is 6.03 Å². The van der Waals surface area contributed by atoms with E-state index in [1.54, 1.807) is 0 Å². The fourth-order valence-corrected chi connectivity index (χ4v) is 3.96. The van der Waals surface area contributed by atoms with E-state index in [0.717, 1.165) is 25.6 Å². The predicted molar refractivity (Wildman–Crippen MR) is 87.2 cm³/mol. The number of primary amides is 1. The van der Waals surface area contributed by atoms with Crippen LogP contribution in [-0.2, 0) is 0 Å². The minimum absolute atomic E-state index is 0.249. The highest BCUT2D eigenvalue weighted by Gasteiger charge is 2.29. The van der Waals surface area contributed by atoms with Gasteiger partial charge in [0.2, 0.25) is 0 Å². The lowest BCUT2D eigenvalue weighted by atomic mass is 9.87. The van der Waals surface area contributed by atoms with Gasteiger partial charge in [-0.3, -0.25) is 0 Å². The van der Waals surface area contributed by atoms with Crippen molar-refractivity contribution in [3.8, 4) is 0 Å². The van der Waals surface area contributed by atoms with Crippen molar-refractivity contribution in [1.29, 1.82) is 0 Å². The van der Waals surface area contributed by atoms with E-state index in [4.69, 9.17) is 5.73 Å². The summed E-state index contributed by atoms with van der Waals surface area (Å²) < 4.78 is 0. The number of likely N-dealkylation sites (tertiary alicyclic amines) is 1. The molecule has 2 unspecified atom stereocenters. The van der Waals surface area contributed by atoms with Gasteiger partial charge in [-0.05, 0) is 44.1 Å². The second-order valence-corrected chi connectivity index (χ2v) is 7.10. The Morgan fingerprint density at radius 2 is 1.95 bits per heavy atom. The maximum atomic E-state index is 11.5. The smallest absolute Gasteiger partial charge is 0.314 e. The van der Waals surface area contributed by atoms with Gasteiger partial charge in [0.15, 0.2) is 0 Å². The van der Waals surface area contributed by atoms with E-state index in [1.807, 2.05) is 4.90 Å². The molecule has 2 fully saturated rings. The van der Waals surface area contributed by atoms with Crippen LogP contribution in [0.4, 0.5) is 4.79 Å². The molecule has 0 aromatic rings. The Morgan fingerprint density at radius 1 is 1.19 bits per heavy atom. The van der Waals surface area contributed by atoms with Gasteiger partial charge in [-0.2, -0.15) is 0 Å². The average molecular weight is 295 g/mol. The summed E-state index contributed by atoms with van der Waals surface area (Å²) in [5.74, 6) is 1.46. The van der Waals surface area contributed by atoms with Crippen LogP contribution < -0.4 is 11.1 Å². The van der Waals surface area contributed by atoms with Crippen LogP contribution >= 0.6 is 0 Å². The summed E-state index contributed by atoms with van der Waals surface area (Å²) >= 11 is 0. The molecule has 4 heteroatoms. The van der Waals surface area contributed by atoms with Crippen molar-refractivity contribution < 1.29 is 4.79 Å². The summed E-state index contributed by atoms with van der Waals surface area (Å²) in [5.41, 5.74) is 5.52. The monoisotopic (exact) mass is 295 g/mol. The van der Waals surface area contributed by atoms with Crippen molar-refractivity contribution in [2.75, 3.05) is 19.6 Å². The van der Waals surface area contributed by atoms with Gasteiger partial charge in [0.25, 0.3) is 0 Å². The third kappa shape index (κ3) is 5.50. The number of nitrogens with two attached hydrogens (primary N) is 1. The van der Waals surface area contributed by atoms with E-state index in [0.29, 0.717) is 12.0 Å². The summed E-state index contributed by atoms with van der Waals surface area (Å²) in [7, 11) is 0. The number of carbonyl (C=O) groups is 1. The molecule has 1 saturated heterocycles. The Morgan fingerprint density at radius 3 is 2.62 bits per heavy atom. The first-order valence-corrected chi connectivity index (χ1v) is 8.96. The Kier molecular flexibility index (Phi) is 6.81. The first kappa shape index (κ1) is 16.6. The van der Waals surface area contributed by atoms with Gasteiger partial charge in [0.1, 0.15) is 0 Å². The average Bonchev–Trinajstić information content (AvgIpc) is 2.51. The van der Waals surface area contributed by atoms with E-state index in [2.05, 4.69) is 12.2 Å². The van der Waals surface area contributed by atoms with Crippen LogP contribution in [0.15, 0.2) is 0 Å². The normalized spacial score (nSPS) is 27.8. The summed E-state index contributed by atoms with van der Waals surface area (Å²) in [6.45, 7) is 5.01. The largest absolute Gasteiger partial charge is 0.351 e. The van der Waals surface area contributed by atoms with Gasteiger partial charge < -0.3 is 16.0 Å². The van der Waals surface area contributed by atoms with Gasteiger partial charge in [-0.15, -0.1) is 0 Å². The fraction of sp³-hybridized carbons (Fsp3) is 0.941. The molecule has 4 nitrogen and oxygen atoms in total. The molecule has 21 heavy (non-hydrogen) atoms. The second kappa shape index (κ2) is 8.62. The SMILES string of the molecule is CCCCC1CC(NCC2CCCCC2)CN(C(N)=O)C1. The lowest BCUT2D eigenvalue weighted by Gasteiger charge is -2.38. The van der Waals surface area contributed by atoms with Crippen molar-refractivity contribution in [2.24, 2.45) is 17.6 Å². The number of unbranched alkanes of at least 4 members (excludes halogenated alkanes) is 1. The lowest BCUT2D eigenvalue weighted by Crippen LogP contribution is -2.53. The van der Waals surface area contributed by atoms with E-state index in [9.17, 15) is 4.79 Å². The van der Waals surface area contributed by atoms with Gasteiger partial charge in [0, 0.05) is 19.1 Å². The Hall–Kier alpha value is -0.770. The number of nitrogens with zero attached hydrogens (tertiary/aromatic N) is 1. The topological polar surface area (TPSA) is 58.4 Å². The number of hydrogen-bond donors (Lipinski definition) is 2. The van der Waals surface area contributed by atoms with Crippen LogP contribution in [0.3, 0.4) is 0 Å². The fourth-order valence-electron chi connectivity index (χ4n) is 3.96. The number of rotatable bonds is 6. The molecule has 0 bridgehead atoms. The number of piperidine rings is 1. The highest BCUT2D eigenvalue weighted by Crippen LogP contribution is 2.25. The molecule has 1 aliphatic heterocycles. The Balaban J connectivity index is 1.79. The summed E-state index contributed by atoms with van der Waals surface area (Å²) in [6, 6.07) is 0.190. The van der Waals surface area contributed by atoms with Crippen LogP contribution in [0, 0.1) is 11.8 Å². The zero-order valence-electron chi connectivity index (χ0n) is 13.7. The number of carbonyl (C=O) groups excluding carboxylic acids is 1. The Bertz CT molecular complexity index is 315. The van der Waals surface area contributed by atoms with Gasteiger partial charge >= 0.3 is 6.03 Å². The minimum Gasteiger partial charge on any atom is -0.351 e. The van der Waals surface area contributed by atoms with Crippen molar-refractivity contribution >= 4 is 6.03 Å². The molecule has 2 amide bonds. The van der Waals surface area contributed by atoms with Gasteiger partial charge in [0.05, 0.1) is 0 Å².